The van der Waals surface area contributed by atoms with Crippen molar-refractivity contribution in [2.75, 3.05) is 29.9 Å². The van der Waals surface area contributed by atoms with E-state index in [1.807, 2.05) is 24.3 Å². The summed E-state index contributed by atoms with van der Waals surface area (Å²) >= 11 is 0. The molecule has 0 radical (unpaired) electrons. The zero-order valence-corrected chi connectivity index (χ0v) is 15.8. The molecule has 0 spiro atoms. The summed E-state index contributed by atoms with van der Waals surface area (Å²) in [6, 6.07) is 7.76. The quantitative estimate of drug-likeness (QED) is 0.810. The summed E-state index contributed by atoms with van der Waals surface area (Å²) in [7, 11) is 0. The standard InChI is InChI=1S/C20H25N3O4/c1-14-19(15(2)27-22-14)20(25)26-13-18(24)21-16-7-9-17(10-8-16)23-11-5-3-4-6-12-23/h7-10H,3-6,11-13H2,1-2H3,(H,21,24). The Balaban J connectivity index is 1.51. The number of carbonyl (C=O) groups excluding carboxylic acids is 2. The van der Waals surface area contributed by atoms with Gasteiger partial charge in [-0.05, 0) is 51.0 Å². The molecule has 27 heavy (non-hydrogen) atoms. The molecule has 1 amide bonds. The van der Waals surface area contributed by atoms with E-state index in [9.17, 15) is 9.59 Å². The molecule has 0 aliphatic carbocycles. The van der Waals surface area contributed by atoms with Crippen LogP contribution < -0.4 is 10.2 Å². The fraction of sp³-hybridized carbons (Fsp3) is 0.450. The Labute approximate surface area is 158 Å². The Morgan fingerprint density at radius 1 is 1.11 bits per heavy atom. The molecule has 144 valence electrons. The molecule has 7 heteroatoms. The number of carbonyl (C=O) groups is 2. The highest BCUT2D eigenvalue weighted by molar-refractivity contribution is 5.96. The maximum absolute atomic E-state index is 12.1. The second-order valence-electron chi connectivity index (χ2n) is 6.77. The van der Waals surface area contributed by atoms with Gasteiger partial charge in [-0.3, -0.25) is 4.79 Å². The number of hydrogen-bond acceptors (Lipinski definition) is 6. The second-order valence-corrected chi connectivity index (χ2v) is 6.77. The van der Waals surface area contributed by atoms with Gasteiger partial charge in [-0.25, -0.2) is 4.79 Å². The third-order valence-corrected chi connectivity index (χ3v) is 4.69. The van der Waals surface area contributed by atoms with Crippen molar-refractivity contribution < 1.29 is 18.8 Å². The van der Waals surface area contributed by atoms with Gasteiger partial charge in [0, 0.05) is 24.5 Å². The molecule has 1 fully saturated rings. The zero-order chi connectivity index (χ0) is 19.2. The number of ether oxygens (including phenoxy) is 1. The summed E-state index contributed by atoms with van der Waals surface area (Å²) < 4.78 is 9.99. The molecule has 0 bridgehead atoms. The number of nitrogens with zero attached hydrogens (tertiary/aromatic N) is 2. The number of amides is 1. The van der Waals surface area contributed by atoms with Crippen molar-refractivity contribution in [2.24, 2.45) is 0 Å². The van der Waals surface area contributed by atoms with Crippen LogP contribution in [0, 0.1) is 13.8 Å². The summed E-state index contributed by atoms with van der Waals surface area (Å²) in [5, 5.41) is 6.44. The van der Waals surface area contributed by atoms with Crippen LogP contribution in [-0.2, 0) is 9.53 Å². The highest BCUT2D eigenvalue weighted by Crippen LogP contribution is 2.21. The molecule has 0 saturated carbocycles. The van der Waals surface area contributed by atoms with Crippen molar-refractivity contribution in [3.8, 4) is 0 Å². The van der Waals surface area contributed by atoms with E-state index in [0.29, 0.717) is 17.1 Å². The van der Waals surface area contributed by atoms with Gasteiger partial charge in [0.05, 0.1) is 5.69 Å². The number of anilines is 2. The molecule has 1 saturated heterocycles. The first-order valence-electron chi connectivity index (χ1n) is 9.29. The smallest absolute Gasteiger partial charge is 0.344 e. The van der Waals surface area contributed by atoms with Crippen LogP contribution in [-0.4, -0.2) is 36.7 Å². The summed E-state index contributed by atoms with van der Waals surface area (Å²) in [6.45, 7) is 5.06. The van der Waals surface area contributed by atoms with Crippen molar-refractivity contribution in [3.63, 3.8) is 0 Å². The van der Waals surface area contributed by atoms with Gasteiger partial charge in [-0.15, -0.1) is 0 Å². The van der Waals surface area contributed by atoms with Crippen LogP contribution in [0.15, 0.2) is 28.8 Å². The van der Waals surface area contributed by atoms with Crippen molar-refractivity contribution in [1.29, 1.82) is 0 Å². The lowest BCUT2D eigenvalue weighted by Crippen LogP contribution is -2.24. The van der Waals surface area contributed by atoms with Crippen LogP contribution in [0.3, 0.4) is 0 Å². The number of aryl methyl sites for hydroxylation is 2. The first-order chi connectivity index (χ1) is 13.0. The minimum atomic E-state index is -0.613. The van der Waals surface area contributed by atoms with Gasteiger partial charge in [-0.2, -0.15) is 0 Å². The minimum absolute atomic E-state index is 0.268. The Morgan fingerprint density at radius 3 is 2.37 bits per heavy atom. The monoisotopic (exact) mass is 371 g/mol. The van der Waals surface area contributed by atoms with E-state index in [4.69, 9.17) is 9.26 Å². The van der Waals surface area contributed by atoms with Crippen LogP contribution in [0.4, 0.5) is 11.4 Å². The van der Waals surface area contributed by atoms with E-state index < -0.39 is 11.9 Å². The lowest BCUT2D eigenvalue weighted by molar-refractivity contribution is -0.119. The SMILES string of the molecule is Cc1noc(C)c1C(=O)OCC(=O)Nc1ccc(N2CCCCCC2)cc1. The van der Waals surface area contributed by atoms with Gasteiger partial charge in [0.25, 0.3) is 5.91 Å². The maximum atomic E-state index is 12.1. The minimum Gasteiger partial charge on any atom is -0.452 e. The van der Waals surface area contributed by atoms with Crippen LogP contribution in [0.5, 0.6) is 0 Å². The summed E-state index contributed by atoms with van der Waals surface area (Å²) in [5.41, 5.74) is 2.55. The number of aromatic nitrogens is 1. The third-order valence-electron chi connectivity index (χ3n) is 4.69. The molecule has 0 atom stereocenters. The maximum Gasteiger partial charge on any atom is 0.344 e. The number of benzene rings is 1. The van der Waals surface area contributed by atoms with E-state index in [2.05, 4.69) is 15.4 Å². The molecule has 3 rings (SSSR count). The molecule has 2 aromatic rings. The lowest BCUT2D eigenvalue weighted by atomic mass is 10.2. The number of rotatable bonds is 5. The van der Waals surface area contributed by atoms with Gasteiger partial charge in [0.1, 0.15) is 11.3 Å². The second kappa shape index (κ2) is 8.70. The Morgan fingerprint density at radius 2 is 1.78 bits per heavy atom. The first-order valence-corrected chi connectivity index (χ1v) is 9.29. The predicted octanol–water partition coefficient (Wildman–Crippen LogP) is 3.47. The fourth-order valence-electron chi connectivity index (χ4n) is 3.26. The van der Waals surface area contributed by atoms with E-state index >= 15 is 0 Å². The van der Waals surface area contributed by atoms with E-state index in [-0.39, 0.29) is 12.2 Å². The van der Waals surface area contributed by atoms with Gasteiger partial charge in [-0.1, -0.05) is 18.0 Å². The normalized spacial score (nSPS) is 14.5. The van der Waals surface area contributed by atoms with Crippen molar-refractivity contribution in [1.82, 2.24) is 5.16 Å². The van der Waals surface area contributed by atoms with Crippen molar-refractivity contribution >= 4 is 23.3 Å². The van der Waals surface area contributed by atoms with E-state index in [1.54, 1.807) is 13.8 Å². The van der Waals surface area contributed by atoms with Gasteiger partial charge < -0.3 is 19.5 Å². The molecule has 1 aliphatic heterocycles. The van der Waals surface area contributed by atoms with E-state index in [0.717, 1.165) is 13.1 Å². The van der Waals surface area contributed by atoms with E-state index in [1.165, 1.54) is 31.4 Å². The zero-order valence-electron chi connectivity index (χ0n) is 15.8. The first kappa shape index (κ1) is 18.9. The molecule has 0 unspecified atom stereocenters. The fourth-order valence-corrected chi connectivity index (χ4v) is 3.26. The number of nitrogens with one attached hydrogen (secondary N) is 1. The number of hydrogen-bond donors (Lipinski definition) is 1. The average Bonchev–Trinajstić information content (AvgIpc) is 2.86. The Kier molecular flexibility index (Phi) is 6.11. The van der Waals surface area contributed by atoms with Crippen molar-refractivity contribution in [3.05, 3.63) is 41.3 Å². The van der Waals surface area contributed by atoms with Crippen molar-refractivity contribution in [2.45, 2.75) is 39.5 Å². The van der Waals surface area contributed by atoms with Crippen LogP contribution in [0.1, 0.15) is 47.5 Å². The van der Waals surface area contributed by atoms with Gasteiger partial charge in [0.15, 0.2) is 6.61 Å². The number of esters is 1. The average molecular weight is 371 g/mol. The van der Waals surface area contributed by atoms with Gasteiger partial charge in [0.2, 0.25) is 0 Å². The topological polar surface area (TPSA) is 84.7 Å². The highest BCUT2D eigenvalue weighted by Gasteiger charge is 2.20. The molecule has 1 aromatic carbocycles. The Hall–Kier alpha value is -2.83. The predicted molar refractivity (Wildman–Crippen MR) is 102 cm³/mol. The summed E-state index contributed by atoms with van der Waals surface area (Å²) in [5.74, 6) is -0.627. The van der Waals surface area contributed by atoms with Crippen LogP contribution in [0.25, 0.3) is 0 Å². The van der Waals surface area contributed by atoms with Gasteiger partial charge >= 0.3 is 5.97 Å². The van der Waals surface area contributed by atoms with Crippen LogP contribution >= 0.6 is 0 Å². The summed E-state index contributed by atoms with van der Waals surface area (Å²) in [4.78, 5) is 26.5. The molecular formula is C20H25N3O4. The molecule has 2 heterocycles. The van der Waals surface area contributed by atoms with Crippen LogP contribution in [0.2, 0.25) is 0 Å². The summed E-state index contributed by atoms with van der Waals surface area (Å²) in [6.07, 6.45) is 5.01. The molecule has 1 aliphatic rings. The molecule has 7 nitrogen and oxygen atoms in total. The molecule has 1 N–H and O–H groups in total. The largest absolute Gasteiger partial charge is 0.452 e. The molecule has 1 aromatic heterocycles. The molecular weight excluding hydrogens is 346 g/mol. The lowest BCUT2D eigenvalue weighted by Gasteiger charge is -2.22. The third kappa shape index (κ3) is 4.87. The Bertz CT molecular complexity index is 771. The highest BCUT2D eigenvalue weighted by atomic mass is 16.5.